The highest BCUT2D eigenvalue weighted by Crippen LogP contribution is 2.22. The molecule has 1 saturated carbocycles. The predicted molar refractivity (Wildman–Crippen MR) is 113 cm³/mol. The Kier molecular flexibility index (Phi) is 8.66. The number of rotatable bonds is 6. The van der Waals surface area contributed by atoms with Crippen molar-refractivity contribution in [3.8, 4) is 11.5 Å². The minimum absolute atomic E-state index is 0.178. The third-order valence-corrected chi connectivity index (χ3v) is 4.48. The fourth-order valence-corrected chi connectivity index (χ4v) is 2.98. The van der Waals surface area contributed by atoms with Gasteiger partial charge in [-0.1, -0.05) is 68.8 Å². The van der Waals surface area contributed by atoms with Gasteiger partial charge in [-0.25, -0.2) is 0 Å². The fourth-order valence-electron chi connectivity index (χ4n) is 2.98. The van der Waals surface area contributed by atoms with Crippen LogP contribution in [0.2, 0.25) is 0 Å². The smallest absolute Gasteiger partial charge is 0.197 e. The summed E-state index contributed by atoms with van der Waals surface area (Å²) >= 11 is 0. The Morgan fingerprint density at radius 3 is 1.93 bits per heavy atom. The maximum absolute atomic E-state index is 8.82. The summed E-state index contributed by atoms with van der Waals surface area (Å²) in [6, 6.07) is 14.8. The molecular formula is C24H30O3. The Labute approximate surface area is 163 Å². The number of benzene rings is 2. The highest BCUT2D eigenvalue weighted by Gasteiger charge is 2.17. The molecule has 2 aromatic rings. The van der Waals surface area contributed by atoms with Crippen LogP contribution in [0.3, 0.4) is 0 Å². The molecule has 0 amide bonds. The predicted octanol–water partition coefficient (Wildman–Crippen LogP) is 6.44. The molecule has 3 heteroatoms. The van der Waals surface area contributed by atoms with Gasteiger partial charge in [-0.3, -0.25) is 0 Å². The van der Waals surface area contributed by atoms with Gasteiger partial charge in [-0.05, 0) is 55.2 Å². The number of phenolic OH excluding ortho intramolecular Hbond substituents is 1. The van der Waals surface area contributed by atoms with E-state index in [2.05, 4.69) is 13.2 Å². The van der Waals surface area contributed by atoms with Crippen molar-refractivity contribution in [3.05, 3.63) is 72.8 Å². The van der Waals surface area contributed by atoms with Crippen LogP contribution in [0.15, 0.2) is 61.7 Å². The summed E-state index contributed by atoms with van der Waals surface area (Å²) in [5.74, 6) is 1.14. The molecule has 0 saturated heterocycles. The molecule has 1 unspecified atom stereocenters. The number of hydrogen-bond donors (Lipinski definition) is 1. The molecule has 1 N–H and O–H groups in total. The van der Waals surface area contributed by atoms with E-state index in [9.17, 15) is 0 Å². The molecule has 1 atom stereocenters. The molecule has 3 rings (SSSR count). The quantitative estimate of drug-likeness (QED) is 0.598. The molecule has 0 heterocycles. The first-order valence-corrected chi connectivity index (χ1v) is 9.57. The van der Waals surface area contributed by atoms with Gasteiger partial charge in [-0.15, -0.1) is 0 Å². The maximum Gasteiger partial charge on any atom is 0.197 e. The molecule has 0 bridgehead atoms. The SMILES string of the molecule is C=Cc1ccc(O)cc1.C=Cc1ccc(OC(C)OC2CCCCC2)cc1. The Bertz CT molecular complexity index is 683. The van der Waals surface area contributed by atoms with Gasteiger partial charge < -0.3 is 14.6 Å². The van der Waals surface area contributed by atoms with Crippen molar-refractivity contribution in [2.24, 2.45) is 0 Å². The lowest BCUT2D eigenvalue weighted by atomic mass is 9.98. The first kappa shape index (κ1) is 20.8. The molecule has 27 heavy (non-hydrogen) atoms. The molecule has 0 spiro atoms. The topological polar surface area (TPSA) is 38.7 Å². The van der Waals surface area contributed by atoms with Gasteiger partial charge in [0.25, 0.3) is 0 Å². The molecule has 1 fully saturated rings. The first-order chi connectivity index (χ1) is 13.1. The molecule has 2 aromatic carbocycles. The number of ether oxygens (including phenoxy) is 2. The Balaban J connectivity index is 0.000000244. The molecule has 0 aliphatic heterocycles. The minimum atomic E-state index is -0.178. The zero-order valence-electron chi connectivity index (χ0n) is 16.1. The van der Waals surface area contributed by atoms with Gasteiger partial charge in [0.1, 0.15) is 11.5 Å². The monoisotopic (exact) mass is 366 g/mol. The zero-order chi connectivity index (χ0) is 19.5. The summed E-state index contributed by atoms with van der Waals surface area (Å²) in [7, 11) is 0. The summed E-state index contributed by atoms with van der Waals surface area (Å²) in [6.07, 6.45) is 10.0. The molecule has 0 aromatic heterocycles. The van der Waals surface area contributed by atoms with Crippen LogP contribution in [0, 0.1) is 0 Å². The van der Waals surface area contributed by atoms with Crippen LogP contribution >= 0.6 is 0 Å². The standard InChI is InChI=1S/C16H22O2.C8H8O/c1-3-14-9-11-16(12-10-14)18-13(2)17-15-7-5-4-6-8-15;1-2-7-3-5-8(9)6-4-7/h3,9-13,15H,1,4-8H2,2H3;2-6,9H,1H2. The van der Waals surface area contributed by atoms with E-state index in [0.29, 0.717) is 11.9 Å². The van der Waals surface area contributed by atoms with Crippen molar-refractivity contribution < 1.29 is 14.6 Å². The van der Waals surface area contributed by atoms with Crippen LogP contribution in [0.1, 0.15) is 50.2 Å². The summed E-state index contributed by atoms with van der Waals surface area (Å²) in [5, 5.41) is 8.82. The Morgan fingerprint density at radius 1 is 0.889 bits per heavy atom. The maximum atomic E-state index is 8.82. The molecular weight excluding hydrogens is 336 g/mol. The number of hydrogen-bond acceptors (Lipinski definition) is 3. The van der Waals surface area contributed by atoms with E-state index in [1.54, 1.807) is 18.2 Å². The normalized spacial score (nSPS) is 15.1. The van der Waals surface area contributed by atoms with E-state index >= 15 is 0 Å². The third kappa shape index (κ3) is 7.71. The number of phenols is 1. The van der Waals surface area contributed by atoms with E-state index in [0.717, 1.165) is 16.9 Å². The van der Waals surface area contributed by atoms with Crippen LogP contribution in [0.5, 0.6) is 11.5 Å². The summed E-state index contributed by atoms with van der Waals surface area (Å²) in [4.78, 5) is 0. The third-order valence-electron chi connectivity index (χ3n) is 4.48. The van der Waals surface area contributed by atoms with Crippen LogP contribution in [0.25, 0.3) is 12.2 Å². The van der Waals surface area contributed by atoms with Crippen LogP contribution in [-0.4, -0.2) is 17.5 Å². The van der Waals surface area contributed by atoms with E-state index in [-0.39, 0.29) is 6.29 Å². The lowest BCUT2D eigenvalue weighted by molar-refractivity contribution is -0.116. The second kappa shape index (κ2) is 11.2. The van der Waals surface area contributed by atoms with Gasteiger partial charge >= 0.3 is 0 Å². The minimum Gasteiger partial charge on any atom is -0.508 e. The Morgan fingerprint density at radius 2 is 1.41 bits per heavy atom. The largest absolute Gasteiger partial charge is 0.508 e. The van der Waals surface area contributed by atoms with Crippen LogP contribution < -0.4 is 4.74 Å². The Hall–Kier alpha value is -2.52. The van der Waals surface area contributed by atoms with Gasteiger partial charge in [0.05, 0.1) is 6.10 Å². The molecule has 1 aliphatic rings. The van der Waals surface area contributed by atoms with E-state index in [1.807, 2.05) is 49.4 Å². The fraction of sp³-hybridized carbons (Fsp3) is 0.333. The van der Waals surface area contributed by atoms with Gasteiger partial charge in [-0.2, -0.15) is 0 Å². The van der Waals surface area contributed by atoms with Crippen LogP contribution in [-0.2, 0) is 4.74 Å². The average Bonchev–Trinajstić information content (AvgIpc) is 2.70. The lowest BCUT2D eigenvalue weighted by Gasteiger charge is -2.26. The second-order valence-corrected chi connectivity index (χ2v) is 6.65. The van der Waals surface area contributed by atoms with Gasteiger partial charge in [0, 0.05) is 0 Å². The molecule has 1 aliphatic carbocycles. The van der Waals surface area contributed by atoms with Crippen molar-refractivity contribution >= 4 is 12.2 Å². The van der Waals surface area contributed by atoms with Gasteiger partial charge in [0.15, 0.2) is 6.29 Å². The molecule has 144 valence electrons. The lowest BCUT2D eigenvalue weighted by Crippen LogP contribution is -2.26. The second-order valence-electron chi connectivity index (χ2n) is 6.65. The number of aromatic hydroxyl groups is 1. The molecule has 3 nitrogen and oxygen atoms in total. The summed E-state index contributed by atoms with van der Waals surface area (Å²) in [6.45, 7) is 9.28. The highest BCUT2D eigenvalue weighted by atomic mass is 16.7. The zero-order valence-corrected chi connectivity index (χ0v) is 16.1. The summed E-state index contributed by atoms with van der Waals surface area (Å²) < 4.78 is 11.7. The molecule has 0 radical (unpaired) electrons. The highest BCUT2D eigenvalue weighted by molar-refractivity contribution is 5.48. The van der Waals surface area contributed by atoms with Gasteiger partial charge in [0.2, 0.25) is 0 Å². The van der Waals surface area contributed by atoms with Crippen molar-refractivity contribution in [2.45, 2.75) is 51.4 Å². The van der Waals surface area contributed by atoms with Crippen molar-refractivity contribution in [2.75, 3.05) is 0 Å². The van der Waals surface area contributed by atoms with Crippen molar-refractivity contribution in [1.82, 2.24) is 0 Å². The first-order valence-electron chi connectivity index (χ1n) is 9.57. The van der Waals surface area contributed by atoms with Crippen LogP contribution in [0.4, 0.5) is 0 Å². The summed E-state index contributed by atoms with van der Waals surface area (Å²) in [5.41, 5.74) is 2.12. The van der Waals surface area contributed by atoms with Crippen molar-refractivity contribution in [1.29, 1.82) is 0 Å². The van der Waals surface area contributed by atoms with E-state index < -0.39 is 0 Å². The van der Waals surface area contributed by atoms with E-state index in [4.69, 9.17) is 14.6 Å². The van der Waals surface area contributed by atoms with E-state index in [1.165, 1.54) is 32.1 Å². The average molecular weight is 367 g/mol. The van der Waals surface area contributed by atoms with Crippen molar-refractivity contribution in [3.63, 3.8) is 0 Å².